The van der Waals surface area contributed by atoms with Crippen molar-refractivity contribution in [1.82, 2.24) is 9.80 Å². The van der Waals surface area contributed by atoms with Crippen molar-refractivity contribution in [3.05, 3.63) is 189 Å². The van der Waals surface area contributed by atoms with Crippen LogP contribution in [0.2, 0.25) is 0 Å². The van der Waals surface area contributed by atoms with E-state index in [4.69, 9.17) is 0 Å². The normalized spacial score (nSPS) is 13.5. The first-order valence-electron chi connectivity index (χ1n) is 27.9. The van der Waals surface area contributed by atoms with Crippen LogP contribution in [0.15, 0.2) is 133 Å². The van der Waals surface area contributed by atoms with Crippen molar-refractivity contribution in [2.45, 2.75) is 90.9 Å². The molecule has 2 heterocycles. The number of amides is 4. The highest BCUT2D eigenvalue weighted by molar-refractivity contribution is 6.42. The van der Waals surface area contributed by atoms with E-state index in [2.05, 4.69) is 98.8 Å². The van der Waals surface area contributed by atoms with Crippen LogP contribution in [-0.4, -0.2) is 46.5 Å². The number of fused-ring (bicyclic) bond motifs is 6. The molecule has 0 unspecified atom stereocenters. The van der Waals surface area contributed by atoms with Crippen LogP contribution < -0.4 is 0 Å². The maximum Gasteiger partial charge on any atom is 0.261 e. The zero-order valence-electron chi connectivity index (χ0n) is 44.0. The number of benzene rings is 11. The second-order valence-corrected chi connectivity index (χ2v) is 21.5. The fourth-order valence-corrected chi connectivity index (χ4v) is 13.7. The molecule has 13 rings (SSSR count). The van der Waals surface area contributed by atoms with Crippen LogP contribution in [0.3, 0.4) is 0 Å². The highest BCUT2D eigenvalue weighted by atomic mass is 16.2. The fourth-order valence-electron chi connectivity index (χ4n) is 13.7. The molecule has 0 aliphatic carbocycles. The molecule has 0 saturated carbocycles. The zero-order chi connectivity index (χ0) is 53.3. The molecule has 2 aliphatic rings. The fraction of sp³-hybridized carbons (Fsp3) is 0.229. The first kappa shape index (κ1) is 48.6. The Labute approximate surface area is 452 Å². The minimum absolute atomic E-state index is 0.123. The number of carbonyl (C=O) groups excluding carboxylic acids is 4. The number of aryl methyl sites for hydroxylation is 2. The highest BCUT2D eigenvalue weighted by Crippen LogP contribution is 2.49. The number of nitriles is 2. The second kappa shape index (κ2) is 19.5. The molecule has 2 aliphatic heterocycles. The Balaban J connectivity index is 0.883. The molecule has 11 aromatic carbocycles. The maximum absolute atomic E-state index is 15.0. The van der Waals surface area contributed by atoms with Crippen LogP contribution in [0.5, 0.6) is 0 Å². The first-order valence-corrected chi connectivity index (χ1v) is 27.9. The van der Waals surface area contributed by atoms with E-state index in [0.717, 1.165) is 58.4 Å². The van der Waals surface area contributed by atoms with Crippen LogP contribution >= 0.6 is 0 Å². The predicted octanol–water partition coefficient (Wildman–Crippen LogP) is 16.0. The number of nitrogens with zero attached hydrogens (tertiary/aromatic N) is 4. The Morgan fingerprint density at radius 3 is 0.949 bits per heavy atom. The third-order valence-electron chi connectivity index (χ3n) is 17.3. The van der Waals surface area contributed by atoms with Gasteiger partial charge in [-0.15, -0.1) is 0 Å². The summed E-state index contributed by atoms with van der Waals surface area (Å²) in [5.41, 5.74) is 6.41. The minimum Gasteiger partial charge on any atom is -0.274 e. The van der Waals surface area contributed by atoms with Gasteiger partial charge >= 0.3 is 0 Å². The molecule has 0 bridgehead atoms. The largest absolute Gasteiger partial charge is 0.274 e. The summed E-state index contributed by atoms with van der Waals surface area (Å²) >= 11 is 0. The van der Waals surface area contributed by atoms with E-state index < -0.39 is 23.6 Å². The second-order valence-electron chi connectivity index (χ2n) is 21.5. The number of imide groups is 2. The van der Waals surface area contributed by atoms with Crippen LogP contribution in [0.1, 0.15) is 140 Å². The number of carbonyl (C=O) groups is 4. The number of unbranched alkanes of at least 4 members (excludes halogenated alkanes) is 6. The number of rotatable bonds is 16. The molecule has 0 aromatic heterocycles. The molecule has 4 amide bonds. The van der Waals surface area contributed by atoms with Crippen LogP contribution in [0, 0.1) is 22.7 Å². The van der Waals surface area contributed by atoms with Crippen molar-refractivity contribution in [3.63, 3.8) is 0 Å². The summed E-state index contributed by atoms with van der Waals surface area (Å²) in [7, 11) is 0. The summed E-state index contributed by atoms with van der Waals surface area (Å²) in [6.45, 7) is 4.69. The lowest BCUT2D eigenvalue weighted by Gasteiger charge is -2.31. The summed E-state index contributed by atoms with van der Waals surface area (Å²) in [4.78, 5) is 62.5. The van der Waals surface area contributed by atoms with Gasteiger partial charge in [-0.1, -0.05) is 162 Å². The lowest BCUT2D eigenvalue weighted by atomic mass is 9.79. The van der Waals surface area contributed by atoms with Crippen LogP contribution in [0.25, 0.3) is 86.2 Å². The lowest BCUT2D eigenvalue weighted by molar-refractivity contribution is 0.0597. The van der Waals surface area contributed by atoms with Crippen LogP contribution in [0.4, 0.5) is 0 Å². The molecule has 8 nitrogen and oxygen atoms in total. The molecule has 0 saturated heterocycles. The van der Waals surface area contributed by atoms with E-state index in [1.54, 1.807) is 36.4 Å². The monoisotopic (exact) mass is 1020 g/mol. The highest BCUT2D eigenvalue weighted by Gasteiger charge is 2.39. The van der Waals surface area contributed by atoms with Gasteiger partial charge in [-0.2, -0.15) is 10.5 Å². The van der Waals surface area contributed by atoms with E-state index in [9.17, 15) is 29.7 Å². The smallest absolute Gasteiger partial charge is 0.261 e. The zero-order valence-corrected chi connectivity index (χ0v) is 44.0. The summed E-state index contributed by atoms with van der Waals surface area (Å²) in [5, 5.41) is 35.3. The summed E-state index contributed by atoms with van der Waals surface area (Å²) in [6.07, 6.45) is 12.0. The van der Waals surface area contributed by atoms with E-state index in [1.807, 2.05) is 24.3 Å². The van der Waals surface area contributed by atoms with Gasteiger partial charge in [-0.25, -0.2) is 0 Å². The molecule has 0 radical (unpaired) electrons. The van der Waals surface area contributed by atoms with Crippen molar-refractivity contribution in [3.8, 4) is 12.1 Å². The SMILES string of the molecule is CCCCCCc1c2ccccc2c(CCN2C(=O)c3ccc4c5c(C#N)cc6c7c(ccc(c8c(C#N)cc(c3c48)C2=O)c75)C(=O)N(CCc2c3ccccc3c(CCCCCC)c3ccccc23)C6=O)c2ccccc12. The van der Waals surface area contributed by atoms with Crippen molar-refractivity contribution in [2.24, 2.45) is 0 Å². The van der Waals surface area contributed by atoms with Crippen molar-refractivity contribution < 1.29 is 19.2 Å². The molecular weight excluding hydrogens is 961 g/mol. The van der Waals surface area contributed by atoms with Crippen molar-refractivity contribution in [1.29, 1.82) is 10.5 Å². The van der Waals surface area contributed by atoms with E-state index in [-0.39, 0.29) is 35.3 Å². The average Bonchev–Trinajstić information content (AvgIpc) is 3.07. The van der Waals surface area contributed by atoms with Gasteiger partial charge in [-0.05, 0) is 139 Å². The summed E-state index contributed by atoms with van der Waals surface area (Å²) < 4.78 is 0. The molecule has 380 valence electrons. The minimum atomic E-state index is -0.485. The quantitative estimate of drug-likeness (QED) is 0.0411. The third kappa shape index (κ3) is 7.37. The number of hydrogen-bond donors (Lipinski definition) is 0. The number of hydrogen-bond acceptors (Lipinski definition) is 6. The predicted molar refractivity (Wildman–Crippen MR) is 314 cm³/mol. The van der Waals surface area contributed by atoms with Gasteiger partial charge in [-0.3, -0.25) is 29.0 Å². The van der Waals surface area contributed by atoms with Gasteiger partial charge in [0, 0.05) is 56.5 Å². The van der Waals surface area contributed by atoms with Crippen molar-refractivity contribution in [2.75, 3.05) is 13.1 Å². The standard InChI is InChI=1S/C70H56N4O4/c1-3-5-7-9-19-43-45-21-11-15-25-49(45)53(50-26-16-12-22-46(43)50)33-35-73-67(75)57-31-29-55-62-42(40-72)38-60-64-58(32-30-56(66(62)64)61-41(39-71)37-59(69(73)77)63(57)65(55)61)68(76)74(70(60)78)36-34-54-51-27-17-13-23-47(51)44(20-10-8-6-4-2)48-24-14-18-28-52(48)54/h11-18,21-32,37-38H,3-10,19-20,33-36H2,1-2H3. The Kier molecular flexibility index (Phi) is 12.2. The molecule has 0 spiro atoms. The van der Waals surface area contributed by atoms with Gasteiger partial charge in [0.2, 0.25) is 0 Å². The average molecular weight is 1020 g/mol. The Hall–Kier alpha value is -8.98. The molecular formula is C70H56N4O4. The third-order valence-corrected chi connectivity index (χ3v) is 17.3. The lowest BCUT2D eigenvalue weighted by Crippen LogP contribution is -2.41. The van der Waals surface area contributed by atoms with Gasteiger partial charge in [0.05, 0.1) is 34.4 Å². The van der Waals surface area contributed by atoms with E-state index >= 15 is 0 Å². The first-order chi connectivity index (χ1) is 38.3. The maximum atomic E-state index is 15.0. The Morgan fingerprint density at radius 2 is 0.641 bits per heavy atom. The molecule has 0 fully saturated rings. The summed E-state index contributed by atoms with van der Waals surface area (Å²) in [6, 6.07) is 48.9. The molecule has 8 heteroatoms. The van der Waals surface area contributed by atoms with E-state index in [0.29, 0.717) is 67.1 Å². The van der Waals surface area contributed by atoms with Crippen LogP contribution in [-0.2, 0) is 25.7 Å². The molecule has 0 N–H and O–H groups in total. The van der Waals surface area contributed by atoms with Gasteiger partial charge < -0.3 is 0 Å². The molecule has 78 heavy (non-hydrogen) atoms. The Morgan fingerprint density at radius 1 is 0.333 bits per heavy atom. The van der Waals surface area contributed by atoms with Crippen molar-refractivity contribution >= 4 is 110 Å². The summed E-state index contributed by atoms with van der Waals surface area (Å²) in [5.74, 6) is -1.83. The van der Waals surface area contributed by atoms with Gasteiger partial charge in [0.15, 0.2) is 0 Å². The van der Waals surface area contributed by atoms with Gasteiger partial charge in [0.25, 0.3) is 23.6 Å². The molecule has 11 aromatic rings. The molecule has 0 atom stereocenters. The van der Waals surface area contributed by atoms with Gasteiger partial charge in [0.1, 0.15) is 0 Å². The van der Waals surface area contributed by atoms with E-state index in [1.165, 1.54) is 81.0 Å². The topological polar surface area (TPSA) is 122 Å². The Bertz CT molecular complexity index is 4100.